The number of hydrogen-bond acceptors (Lipinski definition) is 2. The number of nitrogens with one attached hydrogen (secondary N) is 1. The van der Waals surface area contributed by atoms with Gasteiger partial charge in [0.05, 0.1) is 11.6 Å². The second-order valence-electron chi connectivity index (χ2n) is 6.83. The Labute approximate surface area is 174 Å². The van der Waals surface area contributed by atoms with Crippen LogP contribution in [0.1, 0.15) is 31.9 Å². The van der Waals surface area contributed by atoms with Crippen molar-refractivity contribution in [2.75, 3.05) is 40.3 Å². The molecule has 0 atom stereocenters. The van der Waals surface area contributed by atoms with Gasteiger partial charge in [0.25, 0.3) is 0 Å². The first kappa shape index (κ1) is 22.6. The quantitative estimate of drug-likeness (QED) is 0.384. The molecule has 1 aromatic heterocycles. The van der Waals surface area contributed by atoms with Gasteiger partial charge in [-0.2, -0.15) is 0 Å². The second-order valence-corrected chi connectivity index (χ2v) is 7.27. The molecule has 0 bridgehead atoms. The number of hydrogen-bond donors (Lipinski definition) is 1. The van der Waals surface area contributed by atoms with E-state index < -0.39 is 0 Å². The molecule has 2 heterocycles. The summed E-state index contributed by atoms with van der Waals surface area (Å²) in [5, 5.41) is 4.33. The Hall–Kier alpha value is -0.470. The van der Waals surface area contributed by atoms with Crippen molar-refractivity contribution in [3.05, 3.63) is 23.0 Å². The van der Waals surface area contributed by atoms with Gasteiger partial charge in [-0.15, -0.1) is 24.0 Å². The van der Waals surface area contributed by atoms with E-state index in [0.717, 1.165) is 30.0 Å². The van der Waals surface area contributed by atoms with E-state index >= 15 is 0 Å². The zero-order valence-corrected chi connectivity index (χ0v) is 19.1. The number of aromatic nitrogens is 1. The summed E-state index contributed by atoms with van der Waals surface area (Å²) in [5.74, 6) is 1.69. The van der Waals surface area contributed by atoms with Gasteiger partial charge in [0.15, 0.2) is 5.96 Å². The fourth-order valence-electron chi connectivity index (χ4n) is 3.39. The maximum Gasteiger partial charge on any atom is 0.193 e. The molecule has 1 aliphatic rings. The van der Waals surface area contributed by atoms with E-state index in [1.165, 1.54) is 44.6 Å². The van der Waals surface area contributed by atoms with Gasteiger partial charge in [0.1, 0.15) is 0 Å². The minimum absolute atomic E-state index is 0. The Morgan fingerprint density at radius 1 is 1.40 bits per heavy atom. The molecule has 0 amide bonds. The van der Waals surface area contributed by atoms with Gasteiger partial charge in [-0.3, -0.25) is 4.99 Å². The molecule has 0 radical (unpaired) electrons. The number of aliphatic imine (C=N–C) groups is 1. The molecule has 144 valence electrons. The Kier molecular flexibility index (Phi) is 10.2. The molecule has 1 aromatic rings. The monoisotopic (exact) mass is 481 g/mol. The molecule has 0 aliphatic carbocycles. The van der Waals surface area contributed by atoms with E-state index in [1.54, 1.807) is 0 Å². The molecular weight excluding hydrogens is 449 g/mol. The van der Waals surface area contributed by atoms with E-state index in [-0.39, 0.29) is 24.0 Å². The number of aryl methyl sites for hydroxylation is 1. The molecule has 0 unspecified atom stereocenters. The highest BCUT2D eigenvalue weighted by Crippen LogP contribution is 2.17. The highest BCUT2D eigenvalue weighted by atomic mass is 127. The van der Waals surface area contributed by atoms with Gasteiger partial charge in [0, 0.05) is 39.6 Å². The lowest BCUT2D eigenvalue weighted by atomic mass is 9.97. The fourth-order valence-corrected chi connectivity index (χ4v) is 3.66. The smallest absolute Gasteiger partial charge is 0.193 e. The van der Waals surface area contributed by atoms with Crippen LogP contribution in [0.3, 0.4) is 0 Å². The second kappa shape index (κ2) is 11.3. The fraction of sp³-hybridized carbons (Fsp3) is 0.722. The van der Waals surface area contributed by atoms with Gasteiger partial charge in [-0.05, 0) is 50.9 Å². The standard InChI is InChI=1S/C18H32ClN5.HI/c1-5-8-24-9-6-15(7-10-24)12-21-18(20-2)23(4)14-17-11-16(19)13-22(17)3;/h11,13,15H,5-10,12,14H2,1-4H3,(H,20,21);1H. The summed E-state index contributed by atoms with van der Waals surface area (Å²) in [6, 6.07) is 2.01. The molecule has 7 heteroatoms. The number of halogens is 2. The minimum Gasteiger partial charge on any atom is -0.356 e. The van der Waals surface area contributed by atoms with Crippen molar-refractivity contribution in [2.45, 2.75) is 32.7 Å². The van der Waals surface area contributed by atoms with Gasteiger partial charge < -0.3 is 19.7 Å². The van der Waals surface area contributed by atoms with Crippen molar-refractivity contribution < 1.29 is 0 Å². The zero-order valence-electron chi connectivity index (χ0n) is 16.0. The normalized spacial score (nSPS) is 16.6. The van der Waals surface area contributed by atoms with Gasteiger partial charge in [-0.1, -0.05) is 18.5 Å². The summed E-state index contributed by atoms with van der Waals surface area (Å²) >= 11 is 6.07. The number of likely N-dealkylation sites (tertiary alicyclic amines) is 1. The number of piperidine rings is 1. The molecule has 0 spiro atoms. The highest BCUT2D eigenvalue weighted by molar-refractivity contribution is 14.0. The first-order valence-corrected chi connectivity index (χ1v) is 9.36. The molecule has 1 saturated heterocycles. The Morgan fingerprint density at radius 3 is 2.60 bits per heavy atom. The van der Waals surface area contributed by atoms with Gasteiger partial charge in [0.2, 0.25) is 0 Å². The van der Waals surface area contributed by atoms with Crippen LogP contribution >= 0.6 is 35.6 Å². The molecule has 0 aromatic carbocycles. The lowest BCUT2D eigenvalue weighted by Crippen LogP contribution is -2.43. The van der Waals surface area contributed by atoms with Gasteiger partial charge >= 0.3 is 0 Å². The molecular formula is C18H33ClIN5. The lowest BCUT2D eigenvalue weighted by Gasteiger charge is -2.32. The Bertz CT molecular complexity index is 538. The molecule has 2 rings (SSSR count). The first-order valence-electron chi connectivity index (χ1n) is 8.98. The number of rotatable bonds is 6. The first-order chi connectivity index (χ1) is 11.5. The largest absolute Gasteiger partial charge is 0.356 e. The van der Waals surface area contributed by atoms with Crippen molar-refractivity contribution in [3.63, 3.8) is 0 Å². The van der Waals surface area contributed by atoms with Crippen molar-refractivity contribution in [3.8, 4) is 0 Å². The van der Waals surface area contributed by atoms with E-state index in [1.807, 2.05) is 26.4 Å². The third-order valence-electron chi connectivity index (χ3n) is 4.84. The third kappa shape index (κ3) is 6.98. The minimum atomic E-state index is 0. The summed E-state index contributed by atoms with van der Waals surface area (Å²) in [6.45, 7) is 7.76. The summed E-state index contributed by atoms with van der Waals surface area (Å²) in [7, 11) is 5.94. The van der Waals surface area contributed by atoms with E-state index in [2.05, 4.69) is 38.6 Å². The van der Waals surface area contributed by atoms with Crippen LogP contribution in [-0.4, -0.2) is 60.6 Å². The molecule has 0 saturated carbocycles. The molecule has 25 heavy (non-hydrogen) atoms. The van der Waals surface area contributed by atoms with Crippen molar-refractivity contribution >= 4 is 41.5 Å². The average molecular weight is 482 g/mol. The lowest BCUT2D eigenvalue weighted by molar-refractivity contribution is 0.185. The number of guanidine groups is 1. The van der Waals surface area contributed by atoms with Crippen LogP contribution in [0.2, 0.25) is 5.02 Å². The van der Waals surface area contributed by atoms with Crippen LogP contribution in [0, 0.1) is 5.92 Å². The predicted octanol–water partition coefficient (Wildman–Crippen LogP) is 3.43. The Morgan fingerprint density at radius 2 is 2.08 bits per heavy atom. The van der Waals surface area contributed by atoms with Crippen molar-refractivity contribution in [1.29, 1.82) is 0 Å². The summed E-state index contributed by atoms with van der Waals surface area (Å²) in [5.41, 5.74) is 1.18. The van der Waals surface area contributed by atoms with Crippen LogP contribution in [0.25, 0.3) is 0 Å². The van der Waals surface area contributed by atoms with Crippen molar-refractivity contribution in [2.24, 2.45) is 18.0 Å². The Balaban J connectivity index is 0.00000312. The zero-order chi connectivity index (χ0) is 17.5. The van der Waals surface area contributed by atoms with Crippen LogP contribution in [0.5, 0.6) is 0 Å². The molecule has 1 N–H and O–H groups in total. The molecule has 5 nitrogen and oxygen atoms in total. The van der Waals surface area contributed by atoms with Crippen LogP contribution in [0.15, 0.2) is 17.3 Å². The topological polar surface area (TPSA) is 35.8 Å². The van der Waals surface area contributed by atoms with Crippen molar-refractivity contribution in [1.82, 2.24) is 19.7 Å². The van der Waals surface area contributed by atoms with E-state index in [4.69, 9.17) is 11.6 Å². The predicted molar refractivity (Wildman–Crippen MR) is 118 cm³/mol. The van der Waals surface area contributed by atoms with Crippen LogP contribution in [-0.2, 0) is 13.6 Å². The number of nitrogens with zero attached hydrogens (tertiary/aromatic N) is 4. The molecule has 1 fully saturated rings. The summed E-state index contributed by atoms with van der Waals surface area (Å²) < 4.78 is 2.07. The van der Waals surface area contributed by atoms with E-state index in [9.17, 15) is 0 Å². The summed E-state index contributed by atoms with van der Waals surface area (Å²) in [6.07, 6.45) is 5.75. The van der Waals surface area contributed by atoms with Crippen LogP contribution in [0.4, 0.5) is 0 Å². The average Bonchev–Trinajstić information content (AvgIpc) is 2.87. The maximum absolute atomic E-state index is 6.07. The summed E-state index contributed by atoms with van der Waals surface area (Å²) in [4.78, 5) is 9.16. The SMILES string of the molecule is CCCN1CCC(CNC(=NC)N(C)Cc2cc(Cl)cn2C)CC1.I. The molecule has 1 aliphatic heterocycles. The van der Waals surface area contributed by atoms with E-state index in [0.29, 0.717) is 0 Å². The van der Waals surface area contributed by atoms with Gasteiger partial charge in [-0.25, -0.2) is 0 Å². The third-order valence-corrected chi connectivity index (χ3v) is 5.05. The maximum atomic E-state index is 6.07. The highest BCUT2D eigenvalue weighted by Gasteiger charge is 2.19. The van der Waals surface area contributed by atoms with Crippen LogP contribution < -0.4 is 5.32 Å².